The molecule has 0 aromatic rings. The van der Waals surface area contributed by atoms with E-state index < -0.39 is 0 Å². The molecule has 1 heterocycles. The van der Waals surface area contributed by atoms with Gasteiger partial charge in [-0.05, 0) is 33.2 Å². The first-order valence-electron chi connectivity index (χ1n) is 6.26. The Morgan fingerprint density at radius 2 is 2.31 bits per heavy atom. The van der Waals surface area contributed by atoms with Crippen LogP contribution >= 0.6 is 0 Å². The topological polar surface area (TPSA) is 41.6 Å². The summed E-state index contributed by atoms with van der Waals surface area (Å²) in [7, 11) is 0. The van der Waals surface area contributed by atoms with Gasteiger partial charge in [-0.2, -0.15) is 0 Å². The second kappa shape index (κ2) is 6.86. The second-order valence-corrected chi connectivity index (χ2v) is 4.60. The number of amides is 1. The van der Waals surface area contributed by atoms with E-state index in [1.807, 2.05) is 18.7 Å². The van der Waals surface area contributed by atoms with Gasteiger partial charge in [-0.15, -0.1) is 0 Å². The van der Waals surface area contributed by atoms with E-state index in [1.54, 1.807) is 0 Å². The van der Waals surface area contributed by atoms with E-state index in [2.05, 4.69) is 12.2 Å². The Bertz CT molecular complexity index is 217. The molecule has 1 unspecified atom stereocenters. The normalized spacial score (nSPS) is 21.5. The molecule has 1 rings (SSSR count). The Hall–Kier alpha value is -0.610. The lowest BCUT2D eigenvalue weighted by Gasteiger charge is -2.33. The number of piperidine rings is 1. The van der Waals surface area contributed by atoms with Crippen molar-refractivity contribution in [3.63, 3.8) is 0 Å². The van der Waals surface area contributed by atoms with Crippen molar-refractivity contribution in [3.05, 3.63) is 0 Å². The van der Waals surface area contributed by atoms with E-state index >= 15 is 0 Å². The zero-order chi connectivity index (χ0) is 12.0. The lowest BCUT2D eigenvalue weighted by Crippen LogP contribution is -2.49. The molecular formula is C12H24N2O2. The van der Waals surface area contributed by atoms with Gasteiger partial charge >= 0.3 is 0 Å². The number of ether oxygens (including phenoxy) is 1. The molecule has 1 aliphatic rings. The van der Waals surface area contributed by atoms with Crippen molar-refractivity contribution in [2.45, 2.75) is 45.8 Å². The van der Waals surface area contributed by atoms with Crippen molar-refractivity contribution in [2.24, 2.45) is 0 Å². The molecule has 4 nitrogen and oxygen atoms in total. The van der Waals surface area contributed by atoms with Crippen molar-refractivity contribution in [1.82, 2.24) is 10.2 Å². The Balaban J connectivity index is 2.32. The van der Waals surface area contributed by atoms with Gasteiger partial charge in [0.25, 0.3) is 0 Å². The molecule has 0 saturated carbocycles. The molecule has 4 heteroatoms. The summed E-state index contributed by atoms with van der Waals surface area (Å²) in [5.41, 5.74) is 0. The number of nitrogens with one attached hydrogen (secondary N) is 1. The van der Waals surface area contributed by atoms with Gasteiger partial charge in [0.2, 0.25) is 5.91 Å². The summed E-state index contributed by atoms with van der Waals surface area (Å²) in [6, 6.07) is 0.460. The third-order valence-corrected chi connectivity index (χ3v) is 2.81. The van der Waals surface area contributed by atoms with Crippen molar-refractivity contribution < 1.29 is 9.53 Å². The van der Waals surface area contributed by atoms with E-state index in [-0.39, 0.29) is 18.6 Å². The van der Waals surface area contributed by atoms with Crippen LogP contribution in [0.3, 0.4) is 0 Å². The zero-order valence-electron chi connectivity index (χ0n) is 10.7. The SMILES string of the molecule is CCNC1CCCN(C(=O)COC(C)C)C1. The van der Waals surface area contributed by atoms with Crippen LogP contribution in [-0.2, 0) is 9.53 Å². The monoisotopic (exact) mass is 228 g/mol. The molecule has 1 atom stereocenters. The lowest BCUT2D eigenvalue weighted by atomic mass is 10.1. The van der Waals surface area contributed by atoms with Crippen molar-refractivity contribution in [2.75, 3.05) is 26.2 Å². The van der Waals surface area contributed by atoms with Gasteiger partial charge in [-0.25, -0.2) is 0 Å². The van der Waals surface area contributed by atoms with Crippen LogP contribution in [0.2, 0.25) is 0 Å². The maximum Gasteiger partial charge on any atom is 0.248 e. The first-order valence-corrected chi connectivity index (χ1v) is 6.26. The summed E-state index contributed by atoms with van der Waals surface area (Å²) < 4.78 is 5.34. The lowest BCUT2D eigenvalue weighted by molar-refractivity contribution is -0.138. The summed E-state index contributed by atoms with van der Waals surface area (Å²) in [5, 5.41) is 3.40. The highest BCUT2D eigenvalue weighted by molar-refractivity contribution is 5.77. The molecule has 1 N–H and O–H groups in total. The van der Waals surface area contributed by atoms with Crippen LogP contribution < -0.4 is 5.32 Å². The van der Waals surface area contributed by atoms with Crippen LogP contribution in [0.15, 0.2) is 0 Å². The van der Waals surface area contributed by atoms with Gasteiger partial charge in [-0.3, -0.25) is 4.79 Å². The predicted octanol–water partition coefficient (Wildman–Crippen LogP) is 1.01. The molecule has 1 amide bonds. The van der Waals surface area contributed by atoms with Crippen LogP contribution in [0.1, 0.15) is 33.6 Å². The van der Waals surface area contributed by atoms with Crippen LogP contribution in [-0.4, -0.2) is 49.2 Å². The minimum absolute atomic E-state index is 0.122. The van der Waals surface area contributed by atoms with Gasteiger partial charge in [0, 0.05) is 19.1 Å². The average Bonchev–Trinajstić information content (AvgIpc) is 2.26. The van der Waals surface area contributed by atoms with Gasteiger partial charge in [0.05, 0.1) is 6.10 Å². The molecular weight excluding hydrogens is 204 g/mol. The zero-order valence-corrected chi connectivity index (χ0v) is 10.7. The maximum absolute atomic E-state index is 11.8. The van der Waals surface area contributed by atoms with E-state index in [0.29, 0.717) is 6.04 Å². The fourth-order valence-electron chi connectivity index (χ4n) is 1.99. The highest BCUT2D eigenvalue weighted by Gasteiger charge is 2.22. The Morgan fingerprint density at radius 3 is 2.94 bits per heavy atom. The van der Waals surface area contributed by atoms with E-state index in [1.165, 1.54) is 6.42 Å². The van der Waals surface area contributed by atoms with Crippen molar-refractivity contribution >= 4 is 5.91 Å². The maximum atomic E-state index is 11.8. The Morgan fingerprint density at radius 1 is 1.56 bits per heavy atom. The minimum Gasteiger partial charge on any atom is -0.369 e. The average molecular weight is 228 g/mol. The van der Waals surface area contributed by atoms with Gasteiger partial charge in [0.1, 0.15) is 6.61 Å². The molecule has 16 heavy (non-hydrogen) atoms. The molecule has 1 aliphatic heterocycles. The molecule has 0 aromatic heterocycles. The van der Waals surface area contributed by atoms with Gasteiger partial charge in [0.15, 0.2) is 0 Å². The van der Waals surface area contributed by atoms with E-state index in [4.69, 9.17) is 4.74 Å². The minimum atomic E-state index is 0.122. The summed E-state index contributed by atoms with van der Waals surface area (Å²) in [5.74, 6) is 0.122. The van der Waals surface area contributed by atoms with Gasteiger partial charge in [-0.1, -0.05) is 6.92 Å². The molecule has 1 fully saturated rings. The number of carbonyl (C=O) groups excluding carboxylic acids is 1. The number of rotatable bonds is 5. The van der Waals surface area contributed by atoms with Crippen molar-refractivity contribution in [3.8, 4) is 0 Å². The highest BCUT2D eigenvalue weighted by Crippen LogP contribution is 2.10. The summed E-state index contributed by atoms with van der Waals surface area (Å²) in [6.07, 6.45) is 2.38. The fourth-order valence-corrected chi connectivity index (χ4v) is 1.99. The van der Waals surface area contributed by atoms with E-state index in [9.17, 15) is 4.79 Å². The Labute approximate surface area is 98.3 Å². The number of nitrogens with zero attached hydrogens (tertiary/aromatic N) is 1. The van der Waals surface area contributed by atoms with Crippen LogP contribution in [0.5, 0.6) is 0 Å². The van der Waals surface area contributed by atoms with E-state index in [0.717, 1.165) is 26.1 Å². The standard InChI is InChI=1S/C12H24N2O2/c1-4-13-11-6-5-7-14(8-11)12(15)9-16-10(2)3/h10-11,13H,4-9H2,1-3H3. The third kappa shape index (κ3) is 4.49. The fraction of sp³-hybridized carbons (Fsp3) is 0.917. The number of likely N-dealkylation sites (tertiary alicyclic amines) is 1. The second-order valence-electron chi connectivity index (χ2n) is 4.60. The summed E-state index contributed by atoms with van der Waals surface area (Å²) >= 11 is 0. The smallest absolute Gasteiger partial charge is 0.248 e. The molecule has 0 bridgehead atoms. The van der Waals surface area contributed by atoms with Crippen LogP contribution in [0, 0.1) is 0 Å². The molecule has 0 spiro atoms. The Kier molecular flexibility index (Phi) is 5.77. The largest absolute Gasteiger partial charge is 0.369 e. The molecule has 0 radical (unpaired) electrons. The quantitative estimate of drug-likeness (QED) is 0.763. The molecule has 1 saturated heterocycles. The third-order valence-electron chi connectivity index (χ3n) is 2.81. The highest BCUT2D eigenvalue weighted by atomic mass is 16.5. The summed E-state index contributed by atoms with van der Waals surface area (Å²) in [6.45, 7) is 8.89. The summed E-state index contributed by atoms with van der Waals surface area (Å²) in [4.78, 5) is 13.7. The van der Waals surface area contributed by atoms with Gasteiger partial charge < -0.3 is 15.0 Å². The van der Waals surface area contributed by atoms with Crippen LogP contribution in [0.25, 0.3) is 0 Å². The molecule has 0 aromatic carbocycles. The number of hydrogen-bond donors (Lipinski definition) is 1. The molecule has 0 aliphatic carbocycles. The first kappa shape index (κ1) is 13.5. The molecule has 94 valence electrons. The predicted molar refractivity (Wildman–Crippen MR) is 64.4 cm³/mol. The number of carbonyl (C=O) groups is 1. The van der Waals surface area contributed by atoms with Crippen molar-refractivity contribution in [1.29, 1.82) is 0 Å². The number of likely N-dealkylation sites (N-methyl/N-ethyl adjacent to an activating group) is 1. The number of hydrogen-bond acceptors (Lipinski definition) is 3. The first-order chi connectivity index (χ1) is 7.63. The van der Waals surface area contributed by atoms with Crippen LogP contribution in [0.4, 0.5) is 0 Å².